The molecule has 1 unspecified atom stereocenters. The second-order valence-electron chi connectivity index (χ2n) is 3.99. The smallest absolute Gasteiger partial charge is 0.0962 e. The Bertz CT molecular complexity index is 209. The number of hydrogen-bond acceptors (Lipinski definition) is 5. The molecule has 0 aliphatic carbocycles. The highest BCUT2D eigenvalue weighted by Gasteiger charge is 2.09. The van der Waals surface area contributed by atoms with E-state index in [4.69, 9.17) is 14.7 Å². The summed E-state index contributed by atoms with van der Waals surface area (Å²) >= 11 is 0. The molecule has 0 saturated heterocycles. The highest BCUT2D eigenvalue weighted by molar-refractivity contribution is 4.88. The highest BCUT2D eigenvalue weighted by atomic mass is 16.5. The molecule has 0 spiro atoms. The minimum Gasteiger partial charge on any atom is -0.380 e. The van der Waals surface area contributed by atoms with Crippen LogP contribution in [0.1, 0.15) is 20.3 Å². The number of rotatable bonds is 12. The van der Waals surface area contributed by atoms with Gasteiger partial charge in [0.1, 0.15) is 0 Å². The molecule has 0 heterocycles. The maximum absolute atomic E-state index is 8.89. The lowest BCUT2D eigenvalue weighted by Gasteiger charge is -2.23. The molecule has 0 amide bonds. The molecular weight excluding hydrogens is 230 g/mol. The van der Waals surface area contributed by atoms with E-state index in [2.05, 4.69) is 16.3 Å². The SMILES string of the molecule is CCOCCN(CCOCC)CCC(C#N)NC. The number of hydrogen-bond donors (Lipinski definition) is 1. The van der Waals surface area contributed by atoms with E-state index in [1.54, 1.807) is 0 Å². The molecule has 0 aliphatic heterocycles. The third kappa shape index (κ3) is 9.37. The van der Waals surface area contributed by atoms with Crippen molar-refractivity contribution in [2.45, 2.75) is 26.3 Å². The topological polar surface area (TPSA) is 57.5 Å². The highest BCUT2D eigenvalue weighted by Crippen LogP contribution is 1.97. The molecular formula is C13H27N3O2. The van der Waals surface area contributed by atoms with Crippen molar-refractivity contribution in [1.82, 2.24) is 10.2 Å². The Labute approximate surface area is 111 Å². The summed E-state index contributed by atoms with van der Waals surface area (Å²) < 4.78 is 10.7. The predicted molar refractivity (Wildman–Crippen MR) is 72.5 cm³/mol. The fraction of sp³-hybridized carbons (Fsp3) is 0.923. The molecule has 0 rings (SSSR count). The van der Waals surface area contributed by atoms with E-state index < -0.39 is 0 Å². The predicted octanol–water partition coefficient (Wildman–Crippen LogP) is 0.863. The molecule has 0 aliphatic rings. The van der Waals surface area contributed by atoms with Crippen LogP contribution in [0.3, 0.4) is 0 Å². The Morgan fingerprint density at radius 2 is 1.67 bits per heavy atom. The van der Waals surface area contributed by atoms with Crippen LogP contribution in [0.15, 0.2) is 0 Å². The number of nitrogens with one attached hydrogen (secondary N) is 1. The van der Waals surface area contributed by atoms with Crippen molar-refractivity contribution in [3.05, 3.63) is 0 Å². The Balaban J connectivity index is 3.91. The van der Waals surface area contributed by atoms with Crippen LogP contribution < -0.4 is 5.32 Å². The van der Waals surface area contributed by atoms with Crippen LogP contribution in [-0.2, 0) is 9.47 Å². The second-order valence-corrected chi connectivity index (χ2v) is 3.99. The molecule has 0 bridgehead atoms. The maximum Gasteiger partial charge on any atom is 0.0962 e. The summed E-state index contributed by atoms with van der Waals surface area (Å²) in [7, 11) is 1.82. The van der Waals surface area contributed by atoms with Crippen LogP contribution >= 0.6 is 0 Å². The molecule has 1 N–H and O–H groups in total. The Kier molecular flexibility index (Phi) is 12.3. The first-order valence-corrected chi connectivity index (χ1v) is 6.73. The van der Waals surface area contributed by atoms with E-state index in [-0.39, 0.29) is 6.04 Å². The molecule has 0 aromatic heterocycles. The minimum atomic E-state index is -0.0771. The first-order chi connectivity index (χ1) is 8.78. The Hall–Kier alpha value is -0.670. The van der Waals surface area contributed by atoms with Gasteiger partial charge in [-0.05, 0) is 27.3 Å². The molecule has 0 aromatic rings. The summed E-state index contributed by atoms with van der Waals surface area (Å²) in [5.41, 5.74) is 0. The molecule has 5 heteroatoms. The molecule has 1 atom stereocenters. The van der Waals surface area contributed by atoms with Crippen LogP contribution in [0.2, 0.25) is 0 Å². The van der Waals surface area contributed by atoms with Crippen molar-refractivity contribution in [2.24, 2.45) is 0 Å². The largest absolute Gasteiger partial charge is 0.380 e. The first kappa shape index (κ1) is 17.3. The summed E-state index contributed by atoms with van der Waals surface area (Å²) in [4.78, 5) is 2.28. The van der Waals surface area contributed by atoms with E-state index in [0.29, 0.717) is 0 Å². The standard InChI is InChI=1S/C13H27N3O2/c1-4-17-10-8-16(9-11-18-5-2)7-6-13(12-14)15-3/h13,15H,4-11H2,1-3H3. The monoisotopic (exact) mass is 257 g/mol. The summed E-state index contributed by atoms with van der Waals surface area (Å²) in [6.45, 7) is 9.63. The zero-order valence-corrected chi connectivity index (χ0v) is 11.9. The van der Waals surface area contributed by atoms with Gasteiger partial charge in [0, 0.05) is 32.8 Å². The van der Waals surface area contributed by atoms with Gasteiger partial charge in [-0.3, -0.25) is 4.90 Å². The fourth-order valence-corrected chi connectivity index (χ4v) is 1.60. The van der Waals surface area contributed by atoms with Gasteiger partial charge in [-0.2, -0.15) is 5.26 Å². The van der Waals surface area contributed by atoms with Crippen molar-refractivity contribution in [3.63, 3.8) is 0 Å². The van der Waals surface area contributed by atoms with Crippen LogP contribution in [0.25, 0.3) is 0 Å². The second kappa shape index (κ2) is 12.8. The molecule has 5 nitrogen and oxygen atoms in total. The van der Waals surface area contributed by atoms with Gasteiger partial charge >= 0.3 is 0 Å². The molecule has 106 valence electrons. The first-order valence-electron chi connectivity index (χ1n) is 6.73. The van der Waals surface area contributed by atoms with E-state index in [9.17, 15) is 0 Å². The molecule has 0 saturated carbocycles. The van der Waals surface area contributed by atoms with Crippen molar-refractivity contribution in [3.8, 4) is 6.07 Å². The van der Waals surface area contributed by atoms with Crippen molar-refractivity contribution in [2.75, 3.05) is 53.1 Å². The van der Waals surface area contributed by atoms with Gasteiger partial charge in [-0.15, -0.1) is 0 Å². The third-order valence-corrected chi connectivity index (χ3v) is 2.75. The zero-order valence-electron chi connectivity index (χ0n) is 11.9. The van der Waals surface area contributed by atoms with Crippen LogP contribution in [0, 0.1) is 11.3 Å². The van der Waals surface area contributed by atoms with Gasteiger partial charge in [0.05, 0.1) is 25.3 Å². The van der Waals surface area contributed by atoms with Crippen LogP contribution in [-0.4, -0.2) is 64.1 Å². The normalized spacial score (nSPS) is 12.6. The van der Waals surface area contributed by atoms with Gasteiger partial charge in [0.15, 0.2) is 0 Å². The summed E-state index contributed by atoms with van der Waals surface area (Å²) in [6, 6.07) is 2.16. The molecule has 0 fully saturated rings. The lowest BCUT2D eigenvalue weighted by atomic mass is 10.2. The average molecular weight is 257 g/mol. The lowest BCUT2D eigenvalue weighted by Crippen LogP contribution is -2.35. The van der Waals surface area contributed by atoms with Gasteiger partial charge in [-0.1, -0.05) is 0 Å². The number of nitriles is 1. The number of ether oxygens (including phenoxy) is 2. The zero-order chi connectivity index (χ0) is 13.6. The molecule has 0 aromatic carbocycles. The van der Waals surface area contributed by atoms with Crippen LogP contribution in [0.4, 0.5) is 0 Å². The van der Waals surface area contributed by atoms with Gasteiger partial charge < -0.3 is 14.8 Å². The van der Waals surface area contributed by atoms with E-state index in [1.807, 2.05) is 20.9 Å². The fourth-order valence-electron chi connectivity index (χ4n) is 1.60. The Morgan fingerprint density at radius 3 is 2.06 bits per heavy atom. The summed E-state index contributed by atoms with van der Waals surface area (Å²) in [5.74, 6) is 0. The minimum absolute atomic E-state index is 0.0771. The van der Waals surface area contributed by atoms with E-state index >= 15 is 0 Å². The summed E-state index contributed by atoms with van der Waals surface area (Å²) in [6.07, 6.45) is 0.825. The van der Waals surface area contributed by atoms with Crippen LogP contribution in [0.5, 0.6) is 0 Å². The third-order valence-electron chi connectivity index (χ3n) is 2.75. The van der Waals surface area contributed by atoms with E-state index in [1.165, 1.54) is 0 Å². The van der Waals surface area contributed by atoms with Crippen molar-refractivity contribution >= 4 is 0 Å². The average Bonchev–Trinajstić information content (AvgIpc) is 2.39. The lowest BCUT2D eigenvalue weighted by molar-refractivity contribution is 0.0817. The Morgan fingerprint density at radius 1 is 1.11 bits per heavy atom. The number of nitrogens with zero attached hydrogens (tertiary/aromatic N) is 2. The van der Waals surface area contributed by atoms with E-state index in [0.717, 1.165) is 52.5 Å². The maximum atomic E-state index is 8.89. The van der Waals surface area contributed by atoms with Gasteiger partial charge in [0.2, 0.25) is 0 Å². The van der Waals surface area contributed by atoms with Crippen molar-refractivity contribution < 1.29 is 9.47 Å². The van der Waals surface area contributed by atoms with Gasteiger partial charge in [0.25, 0.3) is 0 Å². The van der Waals surface area contributed by atoms with Crippen molar-refractivity contribution in [1.29, 1.82) is 5.26 Å². The molecule has 0 radical (unpaired) electrons. The molecule has 18 heavy (non-hydrogen) atoms. The van der Waals surface area contributed by atoms with Gasteiger partial charge in [-0.25, -0.2) is 0 Å². The quantitative estimate of drug-likeness (QED) is 0.526. The summed E-state index contributed by atoms with van der Waals surface area (Å²) in [5, 5.41) is 11.9.